The number of benzene rings is 2. The fourth-order valence-electron chi connectivity index (χ4n) is 7.47. The van der Waals surface area contributed by atoms with E-state index in [9.17, 15) is 27.9 Å². The van der Waals surface area contributed by atoms with Gasteiger partial charge in [0.2, 0.25) is 10.0 Å². The molecule has 0 radical (unpaired) electrons. The van der Waals surface area contributed by atoms with E-state index in [-0.39, 0.29) is 36.2 Å². The summed E-state index contributed by atoms with van der Waals surface area (Å²) in [5, 5.41) is 13.3. The highest BCUT2D eigenvalue weighted by Gasteiger charge is 2.37. The Hall–Kier alpha value is -2.92. The number of rotatable bonds is 7. The van der Waals surface area contributed by atoms with Gasteiger partial charge in [-0.2, -0.15) is 0 Å². The van der Waals surface area contributed by atoms with E-state index in [4.69, 9.17) is 4.74 Å². The Balaban J connectivity index is 1.07. The first-order valence-corrected chi connectivity index (χ1v) is 20.6. The molecule has 4 amide bonds. The number of carbonyl (C=O) groups excluding carboxylic acids is 3. The monoisotopic (exact) mass is 838 g/mol. The third-order valence-corrected chi connectivity index (χ3v) is 12.9. The van der Waals surface area contributed by atoms with Gasteiger partial charge in [-0.05, 0) is 93.3 Å². The molecule has 50 heavy (non-hydrogen) atoms. The number of hydrogen-bond acceptors (Lipinski definition) is 8. The Morgan fingerprint density at radius 1 is 0.900 bits per heavy atom. The molecule has 0 aromatic heterocycles. The van der Waals surface area contributed by atoms with E-state index in [0.717, 1.165) is 30.5 Å². The molecule has 272 valence electrons. The van der Waals surface area contributed by atoms with Crippen molar-refractivity contribution in [2.45, 2.75) is 56.7 Å². The Bertz CT molecular complexity index is 1670. The normalized spacial score (nSPS) is 20.9. The van der Waals surface area contributed by atoms with Crippen molar-refractivity contribution in [3.8, 4) is 5.75 Å². The molecule has 4 aliphatic heterocycles. The number of urea groups is 1. The molecule has 2 aromatic carbocycles. The molecule has 1 atom stereocenters. The summed E-state index contributed by atoms with van der Waals surface area (Å²) in [5.74, 6) is -0.238. The minimum atomic E-state index is -3.20. The van der Waals surface area contributed by atoms with Crippen LogP contribution in [0.3, 0.4) is 0 Å². The maximum atomic E-state index is 14.0. The molecule has 0 bridgehead atoms. The van der Waals surface area contributed by atoms with E-state index in [1.165, 1.54) is 10.6 Å². The van der Waals surface area contributed by atoms with Crippen LogP contribution >= 0.6 is 31.9 Å². The molecule has 0 unspecified atom stereocenters. The molecule has 0 spiro atoms. The van der Waals surface area contributed by atoms with Gasteiger partial charge in [-0.1, -0.05) is 18.2 Å². The number of amides is 4. The van der Waals surface area contributed by atoms with Gasteiger partial charge in [0.15, 0.2) is 6.10 Å². The maximum Gasteiger partial charge on any atom is 0.410 e. The summed E-state index contributed by atoms with van der Waals surface area (Å²) in [6.07, 6.45) is 3.16. The molecule has 2 aromatic rings. The average Bonchev–Trinajstić information content (AvgIpc) is 3.27. The number of piperazine rings is 1. The third kappa shape index (κ3) is 8.57. The second-order valence-corrected chi connectivity index (χ2v) is 17.2. The Labute approximate surface area is 310 Å². The number of sulfonamides is 1. The van der Waals surface area contributed by atoms with E-state index in [0.29, 0.717) is 86.3 Å². The van der Waals surface area contributed by atoms with Crippen molar-refractivity contribution in [3.05, 3.63) is 56.5 Å². The molecule has 4 heterocycles. The lowest BCUT2D eigenvalue weighted by molar-refractivity contribution is -0.143. The number of nitrogens with one attached hydrogen (secondary N) is 1. The smallest absolute Gasteiger partial charge is 0.410 e. The van der Waals surface area contributed by atoms with Crippen molar-refractivity contribution in [1.82, 2.24) is 23.9 Å². The number of anilines is 1. The lowest BCUT2D eigenvalue weighted by Crippen LogP contribution is -2.57. The minimum absolute atomic E-state index is 0.0209. The van der Waals surface area contributed by atoms with Crippen molar-refractivity contribution < 1.29 is 32.6 Å². The van der Waals surface area contributed by atoms with Gasteiger partial charge in [-0.3, -0.25) is 9.69 Å². The molecule has 6 rings (SSSR count). The Kier molecular flexibility index (Phi) is 11.6. The molecule has 2 N–H and O–H groups in total. The highest BCUT2D eigenvalue weighted by Crippen LogP contribution is 2.34. The zero-order valence-electron chi connectivity index (χ0n) is 28.1. The van der Waals surface area contributed by atoms with Crippen LogP contribution in [-0.2, 0) is 32.4 Å². The highest BCUT2D eigenvalue weighted by molar-refractivity contribution is 9.11. The maximum absolute atomic E-state index is 14.0. The highest BCUT2D eigenvalue weighted by atomic mass is 79.9. The molecule has 3 fully saturated rings. The summed E-state index contributed by atoms with van der Waals surface area (Å²) in [7, 11) is -3.20. The zero-order valence-corrected chi connectivity index (χ0v) is 32.1. The largest absolute Gasteiger partial charge is 0.506 e. The first kappa shape index (κ1) is 36.9. The van der Waals surface area contributed by atoms with Gasteiger partial charge in [-0.25, -0.2) is 22.3 Å². The van der Waals surface area contributed by atoms with Crippen molar-refractivity contribution >= 4 is 65.6 Å². The number of ether oxygens (including phenoxy) is 1. The number of likely N-dealkylation sites (tertiary alicyclic amines) is 1. The van der Waals surface area contributed by atoms with Crippen molar-refractivity contribution in [3.63, 3.8) is 0 Å². The number of fused-ring (bicyclic) bond motifs is 1. The SMILES string of the molecule is CS(=O)(=O)N1CCC(N2CCN(C(=O)[C@@H](Cc3cc(Br)c(O)c(Br)c3)OC(=O)N3CCC(N4CCc5ccccc5NC4=O)CC3)CC2)CC1. The van der Waals surface area contributed by atoms with E-state index in [2.05, 4.69) is 42.1 Å². The molecule has 4 aliphatic rings. The van der Waals surface area contributed by atoms with Gasteiger partial charge in [-0.15, -0.1) is 0 Å². The van der Waals surface area contributed by atoms with Crippen LogP contribution < -0.4 is 5.32 Å². The van der Waals surface area contributed by atoms with Crippen LogP contribution in [0.25, 0.3) is 0 Å². The molecule has 0 saturated carbocycles. The molecular formula is C34H44Br2N6O7S. The predicted molar refractivity (Wildman–Crippen MR) is 196 cm³/mol. The predicted octanol–water partition coefficient (Wildman–Crippen LogP) is 4.09. The number of para-hydroxylation sites is 1. The van der Waals surface area contributed by atoms with Crippen molar-refractivity contribution in [2.24, 2.45) is 0 Å². The topological polar surface area (TPSA) is 143 Å². The van der Waals surface area contributed by atoms with E-state index in [1.54, 1.807) is 21.9 Å². The molecule has 13 nitrogen and oxygen atoms in total. The van der Waals surface area contributed by atoms with Crippen molar-refractivity contribution in [2.75, 3.05) is 70.5 Å². The van der Waals surface area contributed by atoms with Crippen LogP contribution in [0.4, 0.5) is 15.3 Å². The van der Waals surface area contributed by atoms with Crippen LogP contribution in [0.2, 0.25) is 0 Å². The first-order valence-electron chi connectivity index (χ1n) is 17.1. The van der Waals surface area contributed by atoms with Crippen LogP contribution in [-0.4, -0.2) is 139 Å². The fourth-order valence-corrected chi connectivity index (χ4v) is 9.63. The third-order valence-electron chi connectivity index (χ3n) is 10.4. The number of piperidine rings is 2. The summed E-state index contributed by atoms with van der Waals surface area (Å²) >= 11 is 6.73. The summed E-state index contributed by atoms with van der Waals surface area (Å²) < 4.78 is 32.3. The number of hydrogen-bond donors (Lipinski definition) is 2. The van der Waals surface area contributed by atoms with Crippen LogP contribution in [0, 0.1) is 0 Å². The van der Waals surface area contributed by atoms with Gasteiger partial charge in [0, 0.05) is 83.1 Å². The number of nitrogens with zero attached hydrogens (tertiary/aromatic N) is 5. The Morgan fingerprint density at radius 3 is 2.16 bits per heavy atom. The average molecular weight is 841 g/mol. The van der Waals surface area contributed by atoms with Gasteiger partial charge in [0.05, 0.1) is 15.2 Å². The lowest BCUT2D eigenvalue weighted by atomic mass is 10.0. The van der Waals surface area contributed by atoms with Crippen LogP contribution in [0.5, 0.6) is 5.75 Å². The second kappa shape index (κ2) is 15.8. The molecule has 16 heteroatoms. The van der Waals surface area contributed by atoms with Crippen LogP contribution in [0.1, 0.15) is 36.8 Å². The molecular weight excluding hydrogens is 796 g/mol. The molecule has 3 saturated heterocycles. The number of phenolic OH excluding ortho intramolecular Hbond substituents is 1. The quantitative estimate of drug-likeness (QED) is 0.425. The van der Waals surface area contributed by atoms with Crippen LogP contribution in [0.15, 0.2) is 45.3 Å². The minimum Gasteiger partial charge on any atom is -0.506 e. The van der Waals surface area contributed by atoms with Gasteiger partial charge in [0.1, 0.15) is 5.75 Å². The van der Waals surface area contributed by atoms with Crippen molar-refractivity contribution in [1.29, 1.82) is 0 Å². The van der Waals surface area contributed by atoms with Gasteiger partial charge < -0.3 is 29.9 Å². The van der Waals surface area contributed by atoms with Gasteiger partial charge >= 0.3 is 12.1 Å². The van der Waals surface area contributed by atoms with E-state index >= 15 is 0 Å². The number of halogens is 2. The summed E-state index contributed by atoms with van der Waals surface area (Å²) in [6.45, 7) is 4.61. The number of aromatic hydroxyl groups is 1. The molecule has 0 aliphatic carbocycles. The summed E-state index contributed by atoms with van der Waals surface area (Å²) in [6, 6.07) is 11.3. The summed E-state index contributed by atoms with van der Waals surface area (Å²) in [5.41, 5.74) is 2.64. The number of carbonyl (C=O) groups is 3. The Morgan fingerprint density at radius 2 is 1.52 bits per heavy atom. The lowest BCUT2D eigenvalue weighted by Gasteiger charge is -2.43. The van der Waals surface area contributed by atoms with E-state index in [1.807, 2.05) is 29.2 Å². The zero-order chi connectivity index (χ0) is 35.6. The summed E-state index contributed by atoms with van der Waals surface area (Å²) in [4.78, 5) is 48.3. The van der Waals surface area contributed by atoms with Gasteiger partial charge in [0.25, 0.3) is 5.91 Å². The standard InChI is InChI=1S/C34H44Br2N6O7S/c1-50(47,48)41-13-9-25(10-14-41)38-16-18-39(19-17-38)32(44)30(22-23-20-27(35)31(43)28(36)21-23)49-34(46)40-11-7-26(8-12-40)42-15-6-24-4-2-3-5-29(24)37-33(42)45/h2-5,20-21,25-26,30,43H,6-19,22H2,1H3,(H,37,45)/t30-/m1/s1. The first-order chi connectivity index (χ1) is 23.9. The number of phenols is 1. The fraction of sp³-hybridized carbons (Fsp3) is 0.559. The van der Waals surface area contributed by atoms with E-state index < -0.39 is 22.2 Å². The second-order valence-electron chi connectivity index (χ2n) is 13.5.